The third-order valence-electron chi connectivity index (χ3n) is 3.78. The second-order valence-electron chi connectivity index (χ2n) is 5.33. The minimum Gasteiger partial charge on any atom is -0.416 e. The maximum Gasteiger partial charge on any atom is 0.419 e. The van der Waals surface area contributed by atoms with E-state index in [0.717, 1.165) is 11.0 Å². The quantitative estimate of drug-likeness (QED) is 0.261. The van der Waals surface area contributed by atoms with Crippen LogP contribution in [0.1, 0.15) is 0 Å². The lowest BCUT2D eigenvalue weighted by molar-refractivity contribution is 0.419. The number of fused-ring (bicyclic) bond motifs is 2. The van der Waals surface area contributed by atoms with Gasteiger partial charge in [0, 0.05) is 0 Å². The molecule has 0 N–H and O–H groups in total. The predicted octanol–water partition coefficient (Wildman–Crippen LogP) is 7.07. The molecule has 4 aromatic rings. The molecule has 0 aliphatic heterocycles. The zero-order valence-electron chi connectivity index (χ0n) is 12.7. The normalized spacial score (nSPS) is 11.6. The SMILES string of the molecule is O=[PH](Oc1cn(Br)c2cccc(Cl)c12)Oc1cn(Br)c2cccc(Cl)c12. The van der Waals surface area contributed by atoms with Crippen LogP contribution in [-0.2, 0) is 4.57 Å². The molecular formula is C16H9Br2Cl2N2O3P. The van der Waals surface area contributed by atoms with Crippen molar-refractivity contribution in [2.24, 2.45) is 0 Å². The summed E-state index contributed by atoms with van der Waals surface area (Å²) in [7, 11) is -2.92. The Labute approximate surface area is 176 Å². The van der Waals surface area contributed by atoms with E-state index in [1.54, 1.807) is 31.7 Å². The smallest absolute Gasteiger partial charge is 0.416 e. The van der Waals surface area contributed by atoms with Crippen LogP contribution in [0, 0.1) is 0 Å². The summed E-state index contributed by atoms with van der Waals surface area (Å²) in [5, 5.41) is 2.28. The topological polar surface area (TPSA) is 45.4 Å². The van der Waals surface area contributed by atoms with Crippen molar-refractivity contribution in [2.45, 2.75) is 0 Å². The van der Waals surface area contributed by atoms with E-state index in [0.29, 0.717) is 32.3 Å². The van der Waals surface area contributed by atoms with Crippen molar-refractivity contribution in [1.29, 1.82) is 0 Å². The highest BCUT2D eigenvalue weighted by Gasteiger charge is 2.18. The van der Waals surface area contributed by atoms with Gasteiger partial charge >= 0.3 is 8.25 Å². The molecule has 0 atom stereocenters. The Hall–Kier alpha value is -1.11. The van der Waals surface area contributed by atoms with E-state index >= 15 is 0 Å². The van der Waals surface area contributed by atoms with Crippen molar-refractivity contribution in [3.05, 3.63) is 58.8 Å². The van der Waals surface area contributed by atoms with E-state index in [1.807, 2.05) is 24.3 Å². The average Bonchev–Trinajstić information content (AvgIpc) is 3.07. The molecule has 0 aliphatic rings. The van der Waals surface area contributed by atoms with Crippen LogP contribution in [0.2, 0.25) is 10.0 Å². The Balaban J connectivity index is 1.67. The third-order valence-corrected chi connectivity index (χ3v) is 6.36. The third kappa shape index (κ3) is 3.16. The average molecular weight is 539 g/mol. The lowest BCUT2D eigenvalue weighted by atomic mass is 10.2. The van der Waals surface area contributed by atoms with Gasteiger partial charge in [0.2, 0.25) is 0 Å². The van der Waals surface area contributed by atoms with Crippen molar-refractivity contribution in [1.82, 2.24) is 7.19 Å². The van der Waals surface area contributed by atoms with E-state index in [4.69, 9.17) is 32.2 Å². The second-order valence-corrected chi connectivity index (χ2v) is 8.58. The molecule has 0 fully saturated rings. The molecule has 0 radical (unpaired) electrons. The van der Waals surface area contributed by atoms with Crippen molar-refractivity contribution < 1.29 is 13.6 Å². The molecule has 0 aliphatic carbocycles. The monoisotopic (exact) mass is 536 g/mol. The van der Waals surface area contributed by atoms with E-state index < -0.39 is 8.25 Å². The van der Waals surface area contributed by atoms with Crippen molar-refractivity contribution >= 4 is 85.6 Å². The molecule has 0 amide bonds. The molecule has 0 bridgehead atoms. The number of aromatic nitrogens is 2. The first-order chi connectivity index (χ1) is 12.5. The Morgan fingerprint density at radius 1 is 0.808 bits per heavy atom. The summed E-state index contributed by atoms with van der Waals surface area (Å²) in [6.45, 7) is 0. The minimum absolute atomic E-state index is 0.361. The Kier molecular flexibility index (Phi) is 5.01. The van der Waals surface area contributed by atoms with Crippen LogP contribution in [0.3, 0.4) is 0 Å². The molecule has 10 heteroatoms. The van der Waals surface area contributed by atoms with Crippen LogP contribution in [0.15, 0.2) is 48.8 Å². The van der Waals surface area contributed by atoms with Gasteiger partial charge in [0.15, 0.2) is 11.5 Å². The van der Waals surface area contributed by atoms with Gasteiger partial charge in [0.25, 0.3) is 0 Å². The molecule has 0 spiro atoms. The lowest BCUT2D eigenvalue weighted by Crippen LogP contribution is -1.88. The Morgan fingerprint density at radius 2 is 1.23 bits per heavy atom. The van der Waals surface area contributed by atoms with E-state index in [-0.39, 0.29) is 0 Å². The van der Waals surface area contributed by atoms with Crippen molar-refractivity contribution in [3.8, 4) is 11.5 Å². The molecule has 2 heterocycles. The number of hydrogen-bond donors (Lipinski definition) is 0. The highest BCUT2D eigenvalue weighted by atomic mass is 79.9. The zero-order chi connectivity index (χ0) is 18.4. The molecule has 134 valence electrons. The Morgan fingerprint density at radius 3 is 1.65 bits per heavy atom. The number of halogens is 4. The summed E-state index contributed by atoms with van der Waals surface area (Å²) in [6.07, 6.45) is 3.28. The molecule has 2 aromatic heterocycles. The van der Waals surface area contributed by atoms with Crippen LogP contribution in [0.25, 0.3) is 21.8 Å². The Bertz CT molecular complexity index is 1090. The molecule has 0 saturated heterocycles. The molecule has 2 aromatic carbocycles. The maximum atomic E-state index is 12.5. The van der Waals surface area contributed by atoms with Gasteiger partial charge in [0.1, 0.15) is 0 Å². The van der Waals surface area contributed by atoms with Gasteiger partial charge < -0.3 is 9.05 Å². The van der Waals surface area contributed by atoms with Crippen LogP contribution in [-0.4, -0.2) is 7.19 Å². The molecule has 4 rings (SSSR count). The van der Waals surface area contributed by atoms with E-state index in [2.05, 4.69) is 32.3 Å². The molecular weight excluding hydrogens is 530 g/mol. The summed E-state index contributed by atoms with van der Waals surface area (Å²) in [5.74, 6) is 0.722. The van der Waals surface area contributed by atoms with Crippen LogP contribution >= 0.6 is 63.8 Å². The summed E-state index contributed by atoms with van der Waals surface area (Å²) < 4.78 is 27.0. The highest BCUT2D eigenvalue weighted by molar-refractivity contribution is 9.08. The van der Waals surface area contributed by atoms with Gasteiger partial charge in [-0.2, -0.15) is 0 Å². The first kappa shape index (κ1) is 18.3. The fraction of sp³-hybridized carbons (Fsp3) is 0. The van der Waals surface area contributed by atoms with Gasteiger partial charge in [0.05, 0.1) is 76.5 Å². The number of benzene rings is 2. The molecule has 26 heavy (non-hydrogen) atoms. The van der Waals surface area contributed by atoms with Gasteiger partial charge in [-0.15, -0.1) is 0 Å². The number of rotatable bonds is 4. The summed E-state index contributed by atoms with van der Waals surface area (Å²) in [5.41, 5.74) is 1.59. The van der Waals surface area contributed by atoms with Gasteiger partial charge in [-0.05, 0) is 24.3 Å². The summed E-state index contributed by atoms with van der Waals surface area (Å²) >= 11 is 19.2. The van der Waals surface area contributed by atoms with Gasteiger partial charge in [-0.3, -0.25) is 7.19 Å². The fourth-order valence-electron chi connectivity index (χ4n) is 2.70. The molecule has 0 saturated carbocycles. The van der Waals surface area contributed by atoms with Crippen molar-refractivity contribution in [3.63, 3.8) is 0 Å². The van der Waals surface area contributed by atoms with Gasteiger partial charge in [-0.1, -0.05) is 35.3 Å². The predicted molar refractivity (Wildman–Crippen MR) is 113 cm³/mol. The van der Waals surface area contributed by atoms with E-state index in [1.165, 1.54) is 0 Å². The fourth-order valence-corrected chi connectivity index (χ4v) is 4.90. The molecule has 0 unspecified atom stereocenters. The van der Waals surface area contributed by atoms with Crippen LogP contribution in [0.4, 0.5) is 0 Å². The number of nitrogens with zero attached hydrogens (tertiary/aromatic N) is 2. The number of hydrogen-bond acceptors (Lipinski definition) is 3. The lowest BCUT2D eigenvalue weighted by Gasteiger charge is -2.07. The maximum absolute atomic E-state index is 12.5. The van der Waals surface area contributed by atoms with E-state index in [9.17, 15) is 4.57 Å². The second kappa shape index (κ2) is 7.13. The van der Waals surface area contributed by atoms with Crippen molar-refractivity contribution in [2.75, 3.05) is 0 Å². The van der Waals surface area contributed by atoms with Gasteiger partial charge in [-0.25, -0.2) is 4.57 Å². The summed E-state index contributed by atoms with van der Waals surface area (Å²) in [6, 6.07) is 10.8. The first-order valence-corrected chi connectivity index (χ1v) is 10.7. The highest BCUT2D eigenvalue weighted by Crippen LogP contribution is 2.43. The van der Waals surface area contributed by atoms with Crippen LogP contribution < -0.4 is 9.05 Å². The zero-order valence-corrected chi connectivity index (χ0v) is 18.4. The molecule has 5 nitrogen and oxygen atoms in total. The largest absolute Gasteiger partial charge is 0.419 e. The minimum atomic E-state index is -2.92. The summed E-state index contributed by atoms with van der Waals surface area (Å²) in [4.78, 5) is 0. The standard InChI is InChI=1S/C16H9Br2Cl2N2O3P/c17-21-7-13(15-9(19)3-1-5-11(15)21)24-26(23)25-14-8-22(18)12-6-2-4-10(20)16(12)14/h1-8,26H. The first-order valence-electron chi connectivity index (χ1n) is 7.27. The van der Waals surface area contributed by atoms with Crippen LogP contribution in [0.5, 0.6) is 11.5 Å².